The fourth-order valence-corrected chi connectivity index (χ4v) is 3.85. The molecule has 0 bridgehead atoms. The lowest BCUT2D eigenvalue weighted by molar-refractivity contribution is -0.135. The molecule has 1 fully saturated rings. The Labute approximate surface area is 143 Å². The Balaban J connectivity index is 1.65. The smallest absolute Gasteiger partial charge is 0.245 e. The zero-order valence-electron chi connectivity index (χ0n) is 15.1. The van der Waals surface area contributed by atoms with Crippen LogP contribution in [0.2, 0.25) is 0 Å². The zero-order chi connectivity index (χ0) is 17.3. The van der Waals surface area contributed by atoms with Gasteiger partial charge in [0.05, 0.1) is 0 Å². The number of piperidine rings is 1. The topological polar surface area (TPSA) is 56.0 Å². The molecule has 0 aromatic carbocycles. The Hall–Kier alpha value is -2.11. The van der Waals surface area contributed by atoms with E-state index in [0.717, 1.165) is 49.7 Å². The number of hydrogen-bond acceptors (Lipinski definition) is 3. The molecule has 1 aliphatic heterocycles. The molecule has 1 amide bonds. The van der Waals surface area contributed by atoms with Crippen molar-refractivity contribution in [2.75, 3.05) is 13.1 Å². The number of hydrogen-bond donors (Lipinski definition) is 0. The van der Waals surface area contributed by atoms with Gasteiger partial charge in [-0.3, -0.25) is 4.79 Å². The number of aryl methyl sites for hydroxylation is 3. The van der Waals surface area contributed by atoms with Crippen molar-refractivity contribution < 1.29 is 4.79 Å². The van der Waals surface area contributed by atoms with Crippen molar-refractivity contribution in [3.05, 3.63) is 35.7 Å². The lowest BCUT2D eigenvalue weighted by Gasteiger charge is -2.34. The van der Waals surface area contributed by atoms with Crippen molar-refractivity contribution in [3.63, 3.8) is 0 Å². The molecular weight excluding hydrogens is 302 g/mol. The molecule has 0 radical (unpaired) electrons. The van der Waals surface area contributed by atoms with Gasteiger partial charge in [-0.05, 0) is 52.7 Å². The van der Waals surface area contributed by atoms with E-state index in [0.29, 0.717) is 5.92 Å². The summed E-state index contributed by atoms with van der Waals surface area (Å²) in [5, 5.41) is 8.32. The summed E-state index contributed by atoms with van der Waals surface area (Å²) in [6.45, 7) is 10.7. The van der Waals surface area contributed by atoms with Gasteiger partial charge in [0.2, 0.25) is 5.91 Å². The number of amides is 1. The van der Waals surface area contributed by atoms with Gasteiger partial charge in [-0.2, -0.15) is 0 Å². The fourth-order valence-electron chi connectivity index (χ4n) is 3.85. The molecule has 24 heavy (non-hydrogen) atoms. The zero-order valence-corrected chi connectivity index (χ0v) is 15.1. The number of rotatable bonds is 4. The first-order valence-corrected chi connectivity index (χ1v) is 8.83. The predicted octanol–water partition coefficient (Wildman–Crippen LogP) is 2.68. The minimum absolute atomic E-state index is 0.143. The van der Waals surface area contributed by atoms with Crippen LogP contribution in [-0.4, -0.2) is 43.2 Å². The molecule has 2 aromatic heterocycles. The molecule has 0 aliphatic carbocycles. The van der Waals surface area contributed by atoms with Crippen LogP contribution >= 0.6 is 0 Å². The van der Waals surface area contributed by atoms with E-state index in [-0.39, 0.29) is 11.9 Å². The summed E-state index contributed by atoms with van der Waals surface area (Å²) >= 11 is 0. The van der Waals surface area contributed by atoms with E-state index in [2.05, 4.69) is 52.2 Å². The van der Waals surface area contributed by atoms with Crippen molar-refractivity contribution in [1.82, 2.24) is 24.2 Å². The molecule has 6 nitrogen and oxygen atoms in total. The molecular formula is C18H27N5O. The van der Waals surface area contributed by atoms with Crippen molar-refractivity contribution in [3.8, 4) is 0 Å². The maximum atomic E-state index is 12.9. The molecule has 130 valence electrons. The highest BCUT2D eigenvalue weighted by atomic mass is 16.2. The Morgan fingerprint density at radius 1 is 1.25 bits per heavy atom. The molecule has 0 unspecified atom stereocenters. The van der Waals surface area contributed by atoms with Gasteiger partial charge in [-0.15, -0.1) is 10.2 Å². The fraction of sp³-hybridized carbons (Fsp3) is 0.611. The largest absolute Gasteiger partial charge is 0.341 e. The second-order valence-corrected chi connectivity index (χ2v) is 6.74. The van der Waals surface area contributed by atoms with Crippen LogP contribution in [0.25, 0.3) is 0 Å². The molecule has 1 aliphatic rings. The Bertz CT molecular complexity index is 689. The SMILES string of the molecule is CCn1cnnc1C1CCN(C(=O)[C@H](C)n2c(C)ccc2C)CC1. The lowest BCUT2D eigenvalue weighted by Crippen LogP contribution is -2.42. The molecule has 1 saturated heterocycles. The van der Waals surface area contributed by atoms with Crippen molar-refractivity contribution in [2.45, 2.75) is 59.0 Å². The maximum absolute atomic E-state index is 12.9. The summed E-state index contributed by atoms with van der Waals surface area (Å²) in [6.07, 6.45) is 3.72. The highest BCUT2D eigenvalue weighted by Gasteiger charge is 2.29. The van der Waals surface area contributed by atoms with Crippen LogP contribution in [-0.2, 0) is 11.3 Å². The third kappa shape index (κ3) is 2.97. The first kappa shape index (κ1) is 16.7. The van der Waals surface area contributed by atoms with E-state index in [1.165, 1.54) is 0 Å². The van der Waals surface area contributed by atoms with Crippen LogP contribution in [0.5, 0.6) is 0 Å². The van der Waals surface area contributed by atoms with E-state index in [1.54, 1.807) is 6.33 Å². The van der Waals surface area contributed by atoms with Crippen LogP contribution in [0, 0.1) is 13.8 Å². The van der Waals surface area contributed by atoms with E-state index in [9.17, 15) is 4.79 Å². The standard InChI is InChI=1S/C18H27N5O/c1-5-21-12-19-20-17(21)16-8-10-22(11-9-16)18(24)15(4)23-13(2)6-7-14(23)3/h6-7,12,15-16H,5,8-11H2,1-4H3/t15-/m0/s1. The first-order chi connectivity index (χ1) is 11.5. The van der Waals surface area contributed by atoms with Gasteiger partial charge in [0.1, 0.15) is 18.2 Å². The minimum atomic E-state index is -0.143. The highest BCUT2D eigenvalue weighted by Crippen LogP contribution is 2.28. The summed E-state index contributed by atoms with van der Waals surface area (Å²) in [7, 11) is 0. The van der Waals surface area contributed by atoms with Crippen molar-refractivity contribution >= 4 is 5.91 Å². The second kappa shape index (κ2) is 6.79. The van der Waals surface area contributed by atoms with Gasteiger partial charge in [0, 0.05) is 36.9 Å². The normalized spacial score (nSPS) is 17.2. The summed E-state index contributed by atoms with van der Waals surface area (Å²) in [4.78, 5) is 14.9. The van der Waals surface area contributed by atoms with Crippen LogP contribution in [0.4, 0.5) is 0 Å². The maximum Gasteiger partial charge on any atom is 0.245 e. The molecule has 3 heterocycles. The van der Waals surface area contributed by atoms with E-state index in [4.69, 9.17) is 0 Å². The Morgan fingerprint density at radius 3 is 2.46 bits per heavy atom. The van der Waals surface area contributed by atoms with Crippen molar-refractivity contribution in [1.29, 1.82) is 0 Å². The third-order valence-electron chi connectivity index (χ3n) is 5.23. The minimum Gasteiger partial charge on any atom is -0.341 e. The van der Waals surface area contributed by atoms with Crippen LogP contribution in [0.1, 0.15) is 55.9 Å². The monoisotopic (exact) mass is 329 g/mol. The van der Waals surface area contributed by atoms with Gasteiger partial charge in [-0.1, -0.05) is 0 Å². The van der Waals surface area contributed by atoms with E-state index < -0.39 is 0 Å². The van der Waals surface area contributed by atoms with Gasteiger partial charge >= 0.3 is 0 Å². The summed E-state index contributed by atoms with van der Waals surface area (Å²) in [5.41, 5.74) is 2.28. The van der Waals surface area contributed by atoms with E-state index in [1.807, 2.05) is 11.8 Å². The van der Waals surface area contributed by atoms with Crippen LogP contribution in [0.3, 0.4) is 0 Å². The quantitative estimate of drug-likeness (QED) is 0.866. The Morgan fingerprint density at radius 2 is 1.88 bits per heavy atom. The van der Waals surface area contributed by atoms with Crippen molar-refractivity contribution in [2.24, 2.45) is 0 Å². The Kier molecular flexibility index (Phi) is 4.73. The highest BCUT2D eigenvalue weighted by molar-refractivity contribution is 5.80. The predicted molar refractivity (Wildman–Crippen MR) is 92.9 cm³/mol. The second-order valence-electron chi connectivity index (χ2n) is 6.74. The first-order valence-electron chi connectivity index (χ1n) is 8.83. The lowest BCUT2D eigenvalue weighted by atomic mass is 9.95. The average Bonchev–Trinajstić information content (AvgIpc) is 3.20. The molecule has 2 aromatic rings. The number of likely N-dealkylation sites (tertiary alicyclic amines) is 1. The molecule has 0 saturated carbocycles. The van der Waals surface area contributed by atoms with Gasteiger partial charge in [0.25, 0.3) is 0 Å². The summed E-state index contributed by atoms with van der Waals surface area (Å²) in [5.74, 6) is 1.68. The molecule has 3 rings (SSSR count). The number of aromatic nitrogens is 4. The van der Waals surface area contributed by atoms with Gasteiger partial charge < -0.3 is 14.0 Å². The van der Waals surface area contributed by atoms with Gasteiger partial charge in [-0.25, -0.2) is 0 Å². The summed E-state index contributed by atoms with van der Waals surface area (Å²) < 4.78 is 4.24. The number of carbonyl (C=O) groups excluding carboxylic acids is 1. The number of nitrogens with zero attached hydrogens (tertiary/aromatic N) is 5. The molecule has 1 atom stereocenters. The third-order valence-corrected chi connectivity index (χ3v) is 5.23. The molecule has 0 N–H and O–H groups in total. The molecule has 0 spiro atoms. The summed E-state index contributed by atoms with van der Waals surface area (Å²) in [6, 6.07) is 4.00. The van der Waals surface area contributed by atoms with Crippen LogP contribution < -0.4 is 0 Å². The van der Waals surface area contributed by atoms with Gasteiger partial charge in [0.15, 0.2) is 0 Å². The van der Waals surface area contributed by atoms with E-state index >= 15 is 0 Å². The molecule has 6 heteroatoms. The van der Waals surface area contributed by atoms with Crippen LogP contribution in [0.15, 0.2) is 18.5 Å². The number of carbonyl (C=O) groups is 1. The average molecular weight is 329 g/mol.